The molecule has 0 saturated carbocycles. The first-order valence-corrected chi connectivity index (χ1v) is 7.33. The molecule has 2 aliphatic heterocycles. The molecule has 0 unspecified atom stereocenters. The van der Waals surface area contributed by atoms with Crippen molar-refractivity contribution in [1.82, 2.24) is 9.80 Å². The third kappa shape index (κ3) is 3.11. The van der Waals surface area contributed by atoms with Gasteiger partial charge in [0.05, 0.1) is 6.54 Å². The summed E-state index contributed by atoms with van der Waals surface area (Å²) in [5.41, 5.74) is 0.193. The van der Waals surface area contributed by atoms with Gasteiger partial charge in [-0.2, -0.15) is 0 Å². The molecule has 0 N–H and O–H groups in total. The highest BCUT2D eigenvalue weighted by Crippen LogP contribution is 2.34. The minimum atomic E-state index is -0.298. The maximum atomic E-state index is 12.1. The van der Waals surface area contributed by atoms with Crippen LogP contribution in [-0.2, 0) is 9.53 Å². The van der Waals surface area contributed by atoms with Crippen LogP contribution in [-0.4, -0.2) is 59.6 Å². The summed E-state index contributed by atoms with van der Waals surface area (Å²) in [6.45, 7) is 16.5. The normalized spacial score (nSPS) is 28.1. The molecule has 2 saturated heterocycles. The van der Waals surface area contributed by atoms with Crippen LogP contribution in [0.25, 0.3) is 0 Å². The molecule has 19 heavy (non-hydrogen) atoms. The average Bonchev–Trinajstić information content (AvgIpc) is 2.18. The number of amides is 1. The lowest BCUT2D eigenvalue weighted by Crippen LogP contribution is -2.73. The van der Waals surface area contributed by atoms with Crippen LogP contribution in [0.2, 0.25) is 0 Å². The van der Waals surface area contributed by atoms with Crippen LogP contribution in [0.1, 0.15) is 41.5 Å². The molecule has 0 aromatic rings. The summed E-state index contributed by atoms with van der Waals surface area (Å²) in [5, 5.41) is 0. The van der Waals surface area contributed by atoms with Crippen molar-refractivity contribution in [1.29, 1.82) is 0 Å². The fraction of sp³-hybridized carbons (Fsp3) is 0.933. The SMILES string of the molecule is CC(C)N1CC2(CN(CC(C)(C)C)C2)O[C@H](C)C1=O. The predicted octanol–water partition coefficient (Wildman–Crippen LogP) is 1.74. The Labute approximate surface area is 117 Å². The van der Waals surface area contributed by atoms with E-state index in [4.69, 9.17) is 4.74 Å². The summed E-state index contributed by atoms with van der Waals surface area (Å²) in [7, 11) is 0. The Hall–Kier alpha value is -0.610. The molecule has 2 fully saturated rings. The number of carbonyl (C=O) groups excluding carboxylic acids is 1. The molecular weight excluding hydrogens is 240 g/mol. The van der Waals surface area contributed by atoms with Gasteiger partial charge in [0, 0.05) is 25.7 Å². The molecule has 1 spiro atoms. The van der Waals surface area contributed by atoms with Crippen LogP contribution < -0.4 is 0 Å². The number of likely N-dealkylation sites (tertiary alicyclic amines) is 1. The Morgan fingerprint density at radius 3 is 2.37 bits per heavy atom. The van der Waals surface area contributed by atoms with Crippen LogP contribution in [0.3, 0.4) is 0 Å². The van der Waals surface area contributed by atoms with Crippen molar-refractivity contribution in [2.24, 2.45) is 5.41 Å². The number of nitrogens with zero attached hydrogens (tertiary/aromatic N) is 2. The van der Waals surface area contributed by atoms with E-state index < -0.39 is 0 Å². The van der Waals surface area contributed by atoms with Crippen molar-refractivity contribution in [2.75, 3.05) is 26.2 Å². The van der Waals surface area contributed by atoms with Crippen LogP contribution in [0.5, 0.6) is 0 Å². The lowest BCUT2D eigenvalue weighted by Gasteiger charge is -2.56. The third-order valence-electron chi connectivity index (χ3n) is 3.86. The van der Waals surface area contributed by atoms with Gasteiger partial charge in [-0.3, -0.25) is 9.69 Å². The number of rotatable bonds is 2. The largest absolute Gasteiger partial charge is 0.358 e. The standard InChI is InChI=1S/C15H28N2O2/c1-11(2)17-10-15(19-12(3)13(17)18)8-16(9-15)7-14(4,5)6/h11-12H,7-10H2,1-6H3/t12-/m1/s1. The van der Waals surface area contributed by atoms with Crippen molar-refractivity contribution in [3.63, 3.8) is 0 Å². The van der Waals surface area contributed by atoms with Gasteiger partial charge in [-0.1, -0.05) is 20.8 Å². The second-order valence-corrected chi connectivity index (χ2v) is 7.71. The van der Waals surface area contributed by atoms with Gasteiger partial charge < -0.3 is 9.64 Å². The molecule has 2 heterocycles. The van der Waals surface area contributed by atoms with Gasteiger partial charge in [-0.05, 0) is 26.2 Å². The zero-order valence-electron chi connectivity index (χ0n) is 13.2. The first-order chi connectivity index (χ1) is 8.62. The van der Waals surface area contributed by atoms with Crippen molar-refractivity contribution in [2.45, 2.75) is 59.3 Å². The summed E-state index contributed by atoms with van der Waals surface area (Å²) in [6.07, 6.45) is -0.298. The monoisotopic (exact) mass is 268 g/mol. The highest BCUT2D eigenvalue weighted by atomic mass is 16.5. The van der Waals surface area contributed by atoms with Gasteiger partial charge in [-0.15, -0.1) is 0 Å². The Bertz CT molecular complexity index is 354. The lowest BCUT2D eigenvalue weighted by atomic mass is 9.86. The zero-order chi connectivity index (χ0) is 14.4. The van der Waals surface area contributed by atoms with Crippen LogP contribution in [0, 0.1) is 5.41 Å². The first-order valence-electron chi connectivity index (χ1n) is 7.33. The van der Waals surface area contributed by atoms with Crippen molar-refractivity contribution < 1.29 is 9.53 Å². The van der Waals surface area contributed by atoms with Gasteiger partial charge >= 0.3 is 0 Å². The smallest absolute Gasteiger partial charge is 0.251 e. The summed E-state index contributed by atoms with van der Waals surface area (Å²) in [6, 6.07) is 0.257. The summed E-state index contributed by atoms with van der Waals surface area (Å²) in [5.74, 6) is 0.134. The molecular formula is C15H28N2O2. The third-order valence-corrected chi connectivity index (χ3v) is 3.86. The fourth-order valence-electron chi connectivity index (χ4n) is 3.25. The molecule has 0 bridgehead atoms. The van der Waals surface area contributed by atoms with Crippen LogP contribution in [0.15, 0.2) is 0 Å². The van der Waals surface area contributed by atoms with Gasteiger partial charge in [-0.25, -0.2) is 0 Å². The van der Waals surface area contributed by atoms with Gasteiger partial charge in [0.1, 0.15) is 11.7 Å². The number of carbonyl (C=O) groups is 1. The van der Waals surface area contributed by atoms with Crippen molar-refractivity contribution in [3.05, 3.63) is 0 Å². The Kier molecular flexibility index (Phi) is 3.69. The fourth-order valence-corrected chi connectivity index (χ4v) is 3.25. The number of morpholine rings is 1. The Balaban J connectivity index is 1.98. The van der Waals surface area contributed by atoms with E-state index in [2.05, 4.69) is 39.5 Å². The maximum Gasteiger partial charge on any atom is 0.251 e. The van der Waals surface area contributed by atoms with Gasteiger partial charge in [0.25, 0.3) is 5.91 Å². The topological polar surface area (TPSA) is 32.8 Å². The quantitative estimate of drug-likeness (QED) is 0.765. The predicted molar refractivity (Wildman–Crippen MR) is 76.0 cm³/mol. The number of hydrogen-bond acceptors (Lipinski definition) is 3. The minimum absolute atomic E-state index is 0.122. The zero-order valence-corrected chi connectivity index (χ0v) is 13.2. The Morgan fingerprint density at radius 2 is 1.89 bits per heavy atom. The van der Waals surface area contributed by atoms with E-state index in [0.717, 1.165) is 26.2 Å². The average molecular weight is 268 g/mol. The molecule has 0 aliphatic carbocycles. The first kappa shape index (κ1) is 14.8. The minimum Gasteiger partial charge on any atom is -0.358 e. The van der Waals surface area contributed by atoms with Gasteiger partial charge in [0.15, 0.2) is 0 Å². The second-order valence-electron chi connectivity index (χ2n) is 7.71. The van der Waals surface area contributed by atoms with E-state index in [0.29, 0.717) is 5.41 Å². The Morgan fingerprint density at radius 1 is 1.32 bits per heavy atom. The summed E-state index contributed by atoms with van der Waals surface area (Å²) < 4.78 is 6.01. The molecule has 110 valence electrons. The highest BCUT2D eigenvalue weighted by Gasteiger charge is 2.52. The van der Waals surface area contributed by atoms with E-state index in [9.17, 15) is 4.79 Å². The van der Waals surface area contributed by atoms with E-state index in [1.165, 1.54) is 0 Å². The van der Waals surface area contributed by atoms with E-state index in [1.807, 2.05) is 11.8 Å². The van der Waals surface area contributed by atoms with Crippen molar-refractivity contribution >= 4 is 5.91 Å². The molecule has 1 atom stereocenters. The molecule has 4 heteroatoms. The number of ether oxygens (including phenoxy) is 1. The molecule has 2 rings (SSSR count). The second kappa shape index (κ2) is 4.74. The van der Waals surface area contributed by atoms with E-state index in [-0.39, 0.29) is 23.7 Å². The van der Waals surface area contributed by atoms with E-state index in [1.54, 1.807) is 0 Å². The molecule has 2 aliphatic rings. The maximum absolute atomic E-state index is 12.1. The van der Waals surface area contributed by atoms with Crippen molar-refractivity contribution in [3.8, 4) is 0 Å². The molecule has 1 amide bonds. The van der Waals surface area contributed by atoms with E-state index >= 15 is 0 Å². The van der Waals surface area contributed by atoms with Crippen LogP contribution >= 0.6 is 0 Å². The van der Waals surface area contributed by atoms with Gasteiger partial charge in [0.2, 0.25) is 0 Å². The molecule has 0 radical (unpaired) electrons. The molecule has 0 aromatic heterocycles. The lowest BCUT2D eigenvalue weighted by molar-refractivity contribution is -0.219. The highest BCUT2D eigenvalue weighted by molar-refractivity contribution is 5.81. The van der Waals surface area contributed by atoms with Crippen LogP contribution in [0.4, 0.5) is 0 Å². The summed E-state index contributed by atoms with van der Waals surface area (Å²) in [4.78, 5) is 16.5. The molecule has 0 aromatic carbocycles. The number of hydrogen-bond donors (Lipinski definition) is 0. The summed E-state index contributed by atoms with van der Waals surface area (Å²) >= 11 is 0. The molecule has 4 nitrogen and oxygen atoms in total.